The van der Waals surface area contributed by atoms with Crippen LogP contribution in [0.3, 0.4) is 0 Å². The average Bonchev–Trinajstić information content (AvgIpc) is 2.29. The first-order valence-corrected chi connectivity index (χ1v) is 5.17. The third-order valence-corrected chi connectivity index (χ3v) is 2.94. The zero-order valence-corrected chi connectivity index (χ0v) is 7.92. The first-order chi connectivity index (χ1) is 5.88. The fourth-order valence-corrected chi connectivity index (χ4v) is 2.25. The molecule has 0 bridgehead atoms. The molecule has 0 amide bonds. The number of fused-ring (bicyclic) bond motifs is 1. The highest BCUT2D eigenvalue weighted by atomic mass is 15.2. The van der Waals surface area contributed by atoms with Gasteiger partial charge in [0.25, 0.3) is 0 Å². The molecule has 0 aromatic rings. The molecule has 0 radical (unpaired) electrons. The predicted octanol–water partition coefficient (Wildman–Crippen LogP) is 1.91. The molecule has 0 N–H and O–H groups in total. The summed E-state index contributed by atoms with van der Waals surface area (Å²) < 4.78 is 0. The van der Waals surface area contributed by atoms with Crippen molar-refractivity contribution in [3.8, 4) is 0 Å². The number of amidine groups is 1. The lowest BCUT2D eigenvalue weighted by Crippen LogP contribution is -2.38. The van der Waals surface area contributed by atoms with Gasteiger partial charge in [0, 0.05) is 25.6 Å². The molecule has 1 unspecified atom stereocenters. The molecule has 0 aliphatic carbocycles. The molecule has 2 heteroatoms. The quantitative estimate of drug-likeness (QED) is 0.536. The van der Waals surface area contributed by atoms with Crippen molar-refractivity contribution in [3.05, 3.63) is 0 Å². The fourth-order valence-electron chi connectivity index (χ4n) is 2.25. The summed E-state index contributed by atoms with van der Waals surface area (Å²) in [6, 6.07) is 0. The third-order valence-electron chi connectivity index (χ3n) is 2.94. The zero-order chi connectivity index (χ0) is 8.39. The maximum atomic E-state index is 4.64. The van der Waals surface area contributed by atoms with E-state index in [9.17, 15) is 0 Å². The molecule has 0 aromatic carbocycles. The highest BCUT2D eigenvalue weighted by Crippen LogP contribution is 2.20. The Morgan fingerprint density at radius 2 is 2.08 bits per heavy atom. The number of rotatable bonds is 0. The van der Waals surface area contributed by atoms with Crippen LogP contribution in [0.4, 0.5) is 0 Å². The first-order valence-electron chi connectivity index (χ1n) is 5.17. The molecule has 0 aromatic heterocycles. The Morgan fingerprint density at radius 1 is 1.25 bits per heavy atom. The van der Waals surface area contributed by atoms with E-state index < -0.39 is 0 Å². The van der Waals surface area contributed by atoms with Crippen molar-refractivity contribution in [2.75, 3.05) is 19.6 Å². The van der Waals surface area contributed by atoms with Gasteiger partial charge in [-0.05, 0) is 19.3 Å². The second kappa shape index (κ2) is 3.46. The molecule has 12 heavy (non-hydrogen) atoms. The van der Waals surface area contributed by atoms with Crippen molar-refractivity contribution >= 4 is 5.84 Å². The summed E-state index contributed by atoms with van der Waals surface area (Å²) >= 11 is 0. The third kappa shape index (κ3) is 1.47. The van der Waals surface area contributed by atoms with Crippen LogP contribution >= 0.6 is 0 Å². The van der Waals surface area contributed by atoms with Crippen molar-refractivity contribution in [2.45, 2.75) is 32.6 Å². The Hall–Kier alpha value is -0.530. The number of hydrogen-bond donors (Lipinski definition) is 0. The summed E-state index contributed by atoms with van der Waals surface area (Å²) in [5, 5.41) is 0. The maximum absolute atomic E-state index is 4.64. The van der Waals surface area contributed by atoms with E-state index in [0.717, 1.165) is 6.54 Å². The normalized spacial score (nSPS) is 30.6. The van der Waals surface area contributed by atoms with E-state index in [4.69, 9.17) is 0 Å². The van der Waals surface area contributed by atoms with Gasteiger partial charge in [0.2, 0.25) is 0 Å². The van der Waals surface area contributed by atoms with Gasteiger partial charge in [0.1, 0.15) is 5.84 Å². The maximum Gasteiger partial charge on any atom is 0.102 e. The molecule has 1 saturated heterocycles. The monoisotopic (exact) mass is 166 g/mol. The molecular weight excluding hydrogens is 148 g/mol. The van der Waals surface area contributed by atoms with Crippen molar-refractivity contribution in [1.82, 2.24) is 4.90 Å². The summed E-state index contributed by atoms with van der Waals surface area (Å²) in [6.45, 7) is 5.89. The minimum Gasteiger partial charge on any atom is -0.360 e. The summed E-state index contributed by atoms with van der Waals surface area (Å²) in [7, 11) is 0. The van der Waals surface area contributed by atoms with Crippen LogP contribution in [0.5, 0.6) is 0 Å². The second-order valence-corrected chi connectivity index (χ2v) is 3.98. The first kappa shape index (κ1) is 8.09. The van der Waals surface area contributed by atoms with Gasteiger partial charge in [-0.1, -0.05) is 13.3 Å². The second-order valence-electron chi connectivity index (χ2n) is 3.98. The predicted molar refractivity (Wildman–Crippen MR) is 51.5 cm³/mol. The van der Waals surface area contributed by atoms with Crippen LogP contribution < -0.4 is 0 Å². The zero-order valence-electron chi connectivity index (χ0n) is 7.92. The minimum atomic E-state index is 0.716. The Kier molecular flexibility index (Phi) is 2.33. The molecule has 2 aliphatic heterocycles. The summed E-state index contributed by atoms with van der Waals surface area (Å²) in [4.78, 5) is 7.14. The van der Waals surface area contributed by atoms with Gasteiger partial charge in [0.05, 0.1) is 0 Å². The van der Waals surface area contributed by atoms with Crippen LogP contribution in [-0.2, 0) is 0 Å². The van der Waals surface area contributed by atoms with E-state index in [0.29, 0.717) is 5.92 Å². The van der Waals surface area contributed by atoms with Gasteiger partial charge in [-0.25, -0.2) is 0 Å². The summed E-state index contributed by atoms with van der Waals surface area (Å²) in [5.74, 6) is 2.12. The molecule has 2 aliphatic rings. The smallest absolute Gasteiger partial charge is 0.102 e. The largest absolute Gasteiger partial charge is 0.360 e. The lowest BCUT2D eigenvalue weighted by Gasteiger charge is -2.30. The Labute approximate surface area is 74.7 Å². The summed E-state index contributed by atoms with van der Waals surface area (Å²) in [5.41, 5.74) is 0. The van der Waals surface area contributed by atoms with Crippen LogP contribution in [0, 0.1) is 5.92 Å². The molecule has 68 valence electrons. The molecular formula is C10H18N2. The van der Waals surface area contributed by atoms with Crippen LogP contribution in [0.2, 0.25) is 0 Å². The van der Waals surface area contributed by atoms with Crippen molar-refractivity contribution in [2.24, 2.45) is 10.9 Å². The molecule has 0 spiro atoms. The van der Waals surface area contributed by atoms with Crippen molar-refractivity contribution in [3.63, 3.8) is 0 Å². The van der Waals surface area contributed by atoms with Crippen LogP contribution in [0.15, 0.2) is 4.99 Å². The molecule has 2 nitrogen and oxygen atoms in total. The van der Waals surface area contributed by atoms with Gasteiger partial charge in [-0.15, -0.1) is 0 Å². The van der Waals surface area contributed by atoms with E-state index in [1.807, 2.05) is 0 Å². The van der Waals surface area contributed by atoms with E-state index in [1.165, 1.54) is 44.6 Å². The van der Waals surface area contributed by atoms with Gasteiger partial charge >= 0.3 is 0 Å². The Bertz CT molecular complexity index is 186. The summed E-state index contributed by atoms with van der Waals surface area (Å²) in [6.07, 6.45) is 5.35. The van der Waals surface area contributed by atoms with Crippen LogP contribution in [0.25, 0.3) is 0 Å². The number of aliphatic imine (C=N–C) groups is 1. The Morgan fingerprint density at radius 3 is 3.00 bits per heavy atom. The molecule has 1 fully saturated rings. The van der Waals surface area contributed by atoms with Gasteiger partial charge in [-0.3, -0.25) is 4.99 Å². The highest BCUT2D eigenvalue weighted by molar-refractivity contribution is 5.85. The van der Waals surface area contributed by atoms with E-state index in [2.05, 4.69) is 16.8 Å². The van der Waals surface area contributed by atoms with Crippen LogP contribution in [-0.4, -0.2) is 30.4 Å². The lowest BCUT2D eigenvalue weighted by molar-refractivity contribution is 0.385. The molecule has 0 saturated carbocycles. The standard InChI is InChI=1S/C10H18N2/c1-9-5-2-3-7-12-8-4-6-11-10(9)12/h9H,2-8H2,1H3. The van der Waals surface area contributed by atoms with E-state index >= 15 is 0 Å². The van der Waals surface area contributed by atoms with Gasteiger partial charge < -0.3 is 4.90 Å². The van der Waals surface area contributed by atoms with E-state index in [-0.39, 0.29) is 0 Å². The minimum absolute atomic E-state index is 0.716. The highest BCUT2D eigenvalue weighted by Gasteiger charge is 2.22. The van der Waals surface area contributed by atoms with Crippen LogP contribution in [0.1, 0.15) is 32.6 Å². The van der Waals surface area contributed by atoms with Gasteiger partial charge in [-0.2, -0.15) is 0 Å². The SMILES string of the molecule is CC1CCCCN2CCCN=C12. The average molecular weight is 166 g/mol. The fraction of sp³-hybridized carbons (Fsp3) is 0.900. The Balaban J connectivity index is 2.14. The number of nitrogens with zero attached hydrogens (tertiary/aromatic N) is 2. The number of hydrogen-bond acceptors (Lipinski definition) is 2. The van der Waals surface area contributed by atoms with Crippen molar-refractivity contribution < 1.29 is 0 Å². The van der Waals surface area contributed by atoms with Gasteiger partial charge in [0.15, 0.2) is 0 Å². The molecule has 1 atom stereocenters. The van der Waals surface area contributed by atoms with E-state index in [1.54, 1.807) is 0 Å². The molecule has 2 heterocycles. The lowest BCUT2D eigenvalue weighted by atomic mass is 10.0. The molecule has 2 rings (SSSR count). The van der Waals surface area contributed by atoms with Crippen molar-refractivity contribution in [1.29, 1.82) is 0 Å². The topological polar surface area (TPSA) is 15.6 Å².